The van der Waals surface area contributed by atoms with Crippen LogP contribution in [0.4, 0.5) is 5.82 Å². The molecule has 118 valence electrons. The number of aromatic nitrogens is 2. The second kappa shape index (κ2) is 7.24. The summed E-state index contributed by atoms with van der Waals surface area (Å²) in [6, 6.07) is 0. The fourth-order valence-electron chi connectivity index (χ4n) is 3.52. The molecular weight excluding hydrogens is 258 g/mol. The average molecular weight is 289 g/mol. The number of aryl methyl sites for hydroxylation is 1. The van der Waals surface area contributed by atoms with E-state index in [9.17, 15) is 0 Å². The normalized spacial score (nSPS) is 22.6. The fourth-order valence-corrected chi connectivity index (χ4v) is 3.52. The third kappa shape index (κ3) is 3.96. The molecule has 1 fully saturated rings. The van der Waals surface area contributed by atoms with E-state index in [0.717, 1.165) is 36.2 Å². The van der Waals surface area contributed by atoms with E-state index in [-0.39, 0.29) is 0 Å². The van der Waals surface area contributed by atoms with Crippen molar-refractivity contribution in [1.29, 1.82) is 0 Å². The number of hydrogen-bond acceptors (Lipinski definition) is 3. The second-order valence-electron chi connectivity index (χ2n) is 6.98. The summed E-state index contributed by atoms with van der Waals surface area (Å²) < 4.78 is 0. The lowest BCUT2D eigenvalue weighted by molar-refractivity contribution is 0.335. The summed E-state index contributed by atoms with van der Waals surface area (Å²) >= 11 is 0. The van der Waals surface area contributed by atoms with Crippen LogP contribution >= 0.6 is 0 Å². The number of rotatable bonds is 5. The van der Waals surface area contributed by atoms with Crippen molar-refractivity contribution < 1.29 is 0 Å². The van der Waals surface area contributed by atoms with E-state index in [2.05, 4.69) is 39.9 Å². The van der Waals surface area contributed by atoms with Crippen molar-refractivity contribution in [2.75, 3.05) is 11.9 Å². The van der Waals surface area contributed by atoms with Crippen LogP contribution in [0.25, 0.3) is 0 Å². The molecule has 2 atom stereocenters. The predicted octanol–water partition coefficient (Wildman–Crippen LogP) is 5.02. The Morgan fingerprint density at radius 2 is 2.00 bits per heavy atom. The highest BCUT2D eigenvalue weighted by Gasteiger charge is 2.24. The molecule has 1 heterocycles. The Bertz CT molecular complexity index is 468. The Morgan fingerprint density at radius 3 is 2.62 bits per heavy atom. The third-order valence-electron chi connectivity index (χ3n) is 4.57. The van der Waals surface area contributed by atoms with Crippen molar-refractivity contribution in [3.63, 3.8) is 0 Å². The van der Waals surface area contributed by atoms with Gasteiger partial charge in [0.25, 0.3) is 0 Å². The average Bonchev–Trinajstić information content (AvgIpc) is 2.44. The topological polar surface area (TPSA) is 37.8 Å². The quantitative estimate of drug-likeness (QED) is 0.826. The molecular formula is C18H31N3. The first kappa shape index (κ1) is 16.3. The van der Waals surface area contributed by atoms with E-state index in [1.165, 1.54) is 31.2 Å². The van der Waals surface area contributed by atoms with E-state index in [0.29, 0.717) is 11.8 Å². The van der Waals surface area contributed by atoms with Gasteiger partial charge >= 0.3 is 0 Å². The van der Waals surface area contributed by atoms with Crippen molar-refractivity contribution in [1.82, 2.24) is 9.97 Å². The van der Waals surface area contributed by atoms with Gasteiger partial charge in [0.05, 0.1) is 0 Å². The second-order valence-corrected chi connectivity index (χ2v) is 6.98. The van der Waals surface area contributed by atoms with Gasteiger partial charge in [-0.15, -0.1) is 0 Å². The molecule has 0 aliphatic heterocycles. The molecule has 1 aliphatic carbocycles. The molecule has 0 amide bonds. The zero-order valence-corrected chi connectivity index (χ0v) is 14.4. The molecule has 21 heavy (non-hydrogen) atoms. The van der Waals surface area contributed by atoms with Crippen LogP contribution in [-0.4, -0.2) is 16.5 Å². The minimum Gasteiger partial charge on any atom is -0.370 e. The highest BCUT2D eigenvalue weighted by molar-refractivity contribution is 5.48. The summed E-state index contributed by atoms with van der Waals surface area (Å²) in [6.07, 6.45) is 6.29. The Balaban J connectivity index is 2.32. The van der Waals surface area contributed by atoms with Crippen LogP contribution in [-0.2, 0) is 0 Å². The van der Waals surface area contributed by atoms with Crippen LogP contribution in [0, 0.1) is 12.8 Å². The van der Waals surface area contributed by atoms with Crippen LogP contribution in [0.15, 0.2) is 0 Å². The van der Waals surface area contributed by atoms with Gasteiger partial charge in [0.2, 0.25) is 0 Å². The number of anilines is 1. The van der Waals surface area contributed by atoms with Crippen LogP contribution in [0.2, 0.25) is 0 Å². The molecule has 3 heteroatoms. The first-order valence-electron chi connectivity index (χ1n) is 8.65. The maximum Gasteiger partial charge on any atom is 0.134 e. The van der Waals surface area contributed by atoms with E-state index in [1.807, 2.05) is 0 Å². The Kier molecular flexibility index (Phi) is 5.60. The largest absolute Gasteiger partial charge is 0.370 e. The van der Waals surface area contributed by atoms with Gasteiger partial charge < -0.3 is 5.32 Å². The lowest BCUT2D eigenvalue weighted by atomic mass is 9.82. The number of hydrogen-bond donors (Lipinski definition) is 1. The van der Waals surface area contributed by atoms with Gasteiger partial charge in [-0.25, -0.2) is 9.97 Å². The highest BCUT2D eigenvalue weighted by Crippen LogP contribution is 2.36. The van der Waals surface area contributed by atoms with E-state index in [1.54, 1.807) is 0 Å². The summed E-state index contributed by atoms with van der Waals surface area (Å²) in [6.45, 7) is 12.1. The molecule has 0 bridgehead atoms. The van der Waals surface area contributed by atoms with Crippen molar-refractivity contribution in [2.24, 2.45) is 5.92 Å². The van der Waals surface area contributed by atoms with Crippen molar-refractivity contribution >= 4 is 5.82 Å². The number of nitrogens with one attached hydrogen (secondary N) is 1. The van der Waals surface area contributed by atoms with E-state index >= 15 is 0 Å². The van der Waals surface area contributed by atoms with Crippen LogP contribution in [0.3, 0.4) is 0 Å². The summed E-state index contributed by atoms with van der Waals surface area (Å²) in [5.74, 6) is 3.97. The summed E-state index contributed by atoms with van der Waals surface area (Å²) in [7, 11) is 0. The molecule has 1 aromatic heterocycles. The molecule has 3 nitrogen and oxygen atoms in total. The maximum absolute atomic E-state index is 4.93. The first-order valence-corrected chi connectivity index (χ1v) is 8.65. The van der Waals surface area contributed by atoms with E-state index in [4.69, 9.17) is 9.97 Å². The number of nitrogens with zero attached hydrogens (tertiary/aromatic N) is 2. The molecule has 1 N–H and O–H groups in total. The molecule has 1 aliphatic rings. The molecule has 0 aromatic carbocycles. The minimum absolute atomic E-state index is 0.462. The smallest absolute Gasteiger partial charge is 0.134 e. The van der Waals surface area contributed by atoms with Crippen molar-refractivity contribution in [2.45, 2.75) is 78.6 Å². The fraction of sp³-hybridized carbons (Fsp3) is 0.778. The van der Waals surface area contributed by atoms with Crippen LogP contribution < -0.4 is 5.32 Å². The molecule has 0 spiro atoms. The predicted molar refractivity (Wildman–Crippen MR) is 90.0 cm³/mol. The molecule has 2 unspecified atom stereocenters. The standard InChI is InChI=1S/C18H31N3/c1-6-10-19-18-16(12(2)3)14(5)20-17(21-18)15-9-7-8-13(4)11-15/h12-13,15H,6-11H2,1-5H3,(H,19,20,21). The van der Waals surface area contributed by atoms with Gasteiger partial charge in [0.15, 0.2) is 0 Å². The lowest BCUT2D eigenvalue weighted by Crippen LogP contribution is -2.18. The SMILES string of the molecule is CCCNc1nc(C2CCCC(C)C2)nc(C)c1C(C)C. The molecule has 1 aromatic rings. The zero-order chi connectivity index (χ0) is 15.4. The Labute approximate surface area is 130 Å². The maximum atomic E-state index is 4.93. The summed E-state index contributed by atoms with van der Waals surface area (Å²) in [5, 5.41) is 3.52. The van der Waals surface area contributed by atoms with Crippen LogP contribution in [0.5, 0.6) is 0 Å². The van der Waals surface area contributed by atoms with Gasteiger partial charge in [0, 0.05) is 23.7 Å². The Hall–Kier alpha value is -1.12. The monoisotopic (exact) mass is 289 g/mol. The molecule has 1 saturated carbocycles. The zero-order valence-electron chi connectivity index (χ0n) is 14.4. The van der Waals surface area contributed by atoms with Crippen LogP contribution in [0.1, 0.15) is 88.7 Å². The van der Waals surface area contributed by atoms with Gasteiger partial charge in [0.1, 0.15) is 11.6 Å². The highest BCUT2D eigenvalue weighted by atomic mass is 15.0. The Morgan fingerprint density at radius 1 is 1.24 bits per heavy atom. The van der Waals surface area contributed by atoms with Gasteiger partial charge in [-0.05, 0) is 38.0 Å². The van der Waals surface area contributed by atoms with Gasteiger partial charge in [-0.3, -0.25) is 0 Å². The molecule has 0 saturated heterocycles. The summed E-state index contributed by atoms with van der Waals surface area (Å²) in [4.78, 5) is 9.80. The van der Waals surface area contributed by atoms with Crippen molar-refractivity contribution in [3.8, 4) is 0 Å². The third-order valence-corrected chi connectivity index (χ3v) is 4.57. The molecule has 2 rings (SSSR count). The van der Waals surface area contributed by atoms with E-state index < -0.39 is 0 Å². The van der Waals surface area contributed by atoms with Gasteiger partial charge in [-0.1, -0.05) is 40.5 Å². The first-order chi connectivity index (χ1) is 10.0. The summed E-state index contributed by atoms with van der Waals surface area (Å²) in [5.41, 5.74) is 2.45. The molecule has 0 radical (unpaired) electrons. The minimum atomic E-state index is 0.462. The van der Waals surface area contributed by atoms with Gasteiger partial charge in [-0.2, -0.15) is 0 Å². The lowest BCUT2D eigenvalue weighted by Gasteiger charge is -2.27. The van der Waals surface area contributed by atoms with Crippen molar-refractivity contribution in [3.05, 3.63) is 17.1 Å².